The number of rotatable bonds is 10. The fourth-order valence-corrected chi connectivity index (χ4v) is 7.62. The minimum Gasteiger partial charge on any atom is -0.481 e. The number of amides is 1. The van der Waals surface area contributed by atoms with Crippen LogP contribution in [0.3, 0.4) is 0 Å². The summed E-state index contributed by atoms with van der Waals surface area (Å²) < 4.78 is 0. The molecule has 0 aliphatic carbocycles. The summed E-state index contributed by atoms with van der Waals surface area (Å²) in [6.45, 7) is 8.94. The normalized spacial score (nSPS) is 20.2. The third-order valence-electron chi connectivity index (χ3n) is 7.55. The summed E-state index contributed by atoms with van der Waals surface area (Å²) in [4.78, 5) is 46.6. The van der Waals surface area contributed by atoms with Crippen molar-refractivity contribution in [1.29, 1.82) is 0 Å². The van der Waals surface area contributed by atoms with Crippen LogP contribution in [-0.2, 0) is 11.3 Å². The molecular formula is C27H34ClN7O3S2. The van der Waals surface area contributed by atoms with Crippen molar-refractivity contribution in [3.05, 3.63) is 39.4 Å². The van der Waals surface area contributed by atoms with E-state index in [1.54, 1.807) is 17.5 Å². The van der Waals surface area contributed by atoms with Gasteiger partial charge in [-0.05, 0) is 38.8 Å². The Morgan fingerprint density at radius 2 is 2.08 bits per heavy atom. The monoisotopic (exact) mass is 603 g/mol. The summed E-state index contributed by atoms with van der Waals surface area (Å²) in [5.74, 6) is -0.437. The number of hydrogen-bond acceptors (Lipinski definition) is 10. The van der Waals surface area contributed by atoms with E-state index in [-0.39, 0.29) is 24.1 Å². The molecule has 0 spiro atoms. The Labute approximate surface area is 247 Å². The van der Waals surface area contributed by atoms with E-state index in [1.807, 2.05) is 11.4 Å². The Morgan fingerprint density at radius 3 is 2.75 bits per heavy atom. The summed E-state index contributed by atoms with van der Waals surface area (Å²) in [6, 6.07) is 2.65. The highest BCUT2D eigenvalue weighted by Gasteiger charge is 2.27. The molecule has 0 radical (unpaired) electrons. The van der Waals surface area contributed by atoms with Crippen molar-refractivity contribution >= 4 is 57.1 Å². The SMILES string of the molecule is CC[C@@H]1CCCN1Cc1sc(NC(=O)c2cnc(N3CCN(CCC(=O)O)C[C@@H]3C)cn2)nc1-c1cc(Cl)cs1. The number of thiophene rings is 1. The number of carbonyl (C=O) groups excluding carboxylic acids is 1. The molecule has 2 saturated heterocycles. The molecule has 13 heteroatoms. The van der Waals surface area contributed by atoms with Crippen LogP contribution in [0.25, 0.3) is 10.6 Å². The molecule has 40 heavy (non-hydrogen) atoms. The van der Waals surface area contributed by atoms with Gasteiger partial charge in [0.25, 0.3) is 5.91 Å². The van der Waals surface area contributed by atoms with E-state index < -0.39 is 5.97 Å². The number of carbonyl (C=O) groups is 2. The average Bonchev–Trinajstić information content (AvgIpc) is 3.67. The number of carboxylic acids is 1. The molecule has 2 N–H and O–H groups in total. The second-order valence-corrected chi connectivity index (χ2v) is 12.7. The molecule has 10 nitrogen and oxygen atoms in total. The molecule has 0 saturated carbocycles. The first kappa shape index (κ1) is 28.9. The third-order valence-corrected chi connectivity index (χ3v) is 9.79. The number of halogens is 1. The van der Waals surface area contributed by atoms with Gasteiger partial charge in [0.2, 0.25) is 0 Å². The molecule has 2 fully saturated rings. The van der Waals surface area contributed by atoms with E-state index in [4.69, 9.17) is 21.7 Å². The van der Waals surface area contributed by atoms with Crippen LogP contribution in [0, 0.1) is 0 Å². The maximum absolute atomic E-state index is 13.1. The van der Waals surface area contributed by atoms with Crippen LogP contribution in [0.1, 0.15) is 54.9 Å². The standard InChI is InChI=1S/C27H34ClN7O3S2/c1-3-19-5-4-7-34(19)15-22-25(21-11-18(28)16-39-21)31-27(40-22)32-26(38)20-12-30-23(13-29-20)35-10-9-33(14-17(35)2)8-6-24(36)37/h11-13,16-17,19H,3-10,14-15H2,1-2H3,(H,36,37)(H,31,32,38)/t17-,19+/m0/s1. The van der Waals surface area contributed by atoms with Crippen molar-refractivity contribution in [3.63, 3.8) is 0 Å². The highest BCUT2D eigenvalue weighted by Crippen LogP contribution is 2.38. The number of nitrogens with zero attached hydrogens (tertiary/aromatic N) is 6. The van der Waals surface area contributed by atoms with Gasteiger partial charge in [-0.2, -0.15) is 0 Å². The van der Waals surface area contributed by atoms with Crippen LogP contribution in [0.2, 0.25) is 5.02 Å². The van der Waals surface area contributed by atoms with Crippen molar-refractivity contribution in [2.45, 2.75) is 58.2 Å². The molecule has 3 aromatic rings. The minimum absolute atomic E-state index is 0.136. The molecule has 5 rings (SSSR count). The Hall–Kier alpha value is -2.64. The number of aliphatic carboxylic acids is 1. The molecule has 2 aliphatic rings. The van der Waals surface area contributed by atoms with E-state index in [0.717, 1.165) is 48.0 Å². The fourth-order valence-electron chi connectivity index (χ4n) is 5.47. The van der Waals surface area contributed by atoms with E-state index in [2.05, 4.69) is 43.8 Å². The summed E-state index contributed by atoms with van der Waals surface area (Å²) in [6.07, 6.45) is 6.80. The van der Waals surface area contributed by atoms with Crippen molar-refractivity contribution in [2.75, 3.05) is 42.9 Å². The summed E-state index contributed by atoms with van der Waals surface area (Å²) in [5, 5.41) is 15.0. The van der Waals surface area contributed by atoms with Gasteiger partial charge in [-0.1, -0.05) is 29.9 Å². The van der Waals surface area contributed by atoms with Crippen molar-refractivity contribution in [2.24, 2.45) is 0 Å². The van der Waals surface area contributed by atoms with E-state index >= 15 is 0 Å². The van der Waals surface area contributed by atoms with Crippen LogP contribution in [0.4, 0.5) is 10.9 Å². The highest BCUT2D eigenvalue weighted by molar-refractivity contribution is 7.17. The predicted molar refractivity (Wildman–Crippen MR) is 160 cm³/mol. The first-order chi connectivity index (χ1) is 19.3. The number of aromatic nitrogens is 3. The lowest BCUT2D eigenvalue weighted by Crippen LogP contribution is -2.52. The smallest absolute Gasteiger partial charge is 0.304 e. The quantitative estimate of drug-likeness (QED) is 0.333. The number of piperazine rings is 1. The number of carboxylic acid groups (broad SMARTS) is 1. The largest absolute Gasteiger partial charge is 0.481 e. The lowest BCUT2D eigenvalue weighted by molar-refractivity contribution is -0.137. The van der Waals surface area contributed by atoms with E-state index in [9.17, 15) is 9.59 Å². The number of likely N-dealkylation sites (tertiary alicyclic amines) is 1. The van der Waals surface area contributed by atoms with Crippen molar-refractivity contribution in [1.82, 2.24) is 24.8 Å². The lowest BCUT2D eigenvalue weighted by Gasteiger charge is -2.40. The molecule has 214 valence electrons. The van der Waals surface area contributed by atoms with Crippen LogP contribution < -0.4 is 10.2 Å². The fraction of sp³-hybridized carbons (Fsp3) is 0.519. The number of nitrogens with one attached hydrogen (secondary N) is 1. The van der Waals surface area contributed by atoms with E-state index in [0.29, 0.717) is 35.1 Å². The number of thiazole rings is 1. The van der Waals surface area contributed by atoms with Crippen LogP contribution >= 0.6 is 34.3 Å². The summed E-state index contributed by atoms with van der Waals surface area (Å²) in [7, 11) is 0. The molecule has 0 unspecified atom stereocenters. The van der Waals surface area contributed by atoms with E-state index in [1.165, 1.54) is 30.4 Å². The molecule has 5 heterocycles. The molecule has 3 aromatic heterocycles. The number of hydrogen-bond donors (Lipinski definition) is 2. The van der Waals surface area contributed by atoms with Gasteiger partial charge in [-0.25, -0.2) is 15.0 Å². The molecule has 1 amide bonds. The summed E-state index contributed by atoms with van der Waals surface area (Å²) >= 11 is 9.28. The van der Waals surface area contributed by atoms with Gasteiger partial charge >= 0.3 is 5.97 Å². The topological polar surface area (TPSA) is 115 Å². The minimum atomic E-state index is -0.785. The van der Waals surface area contributed by atoms with Gasteiger partial charge in [0.1, 0.15) is 11.5 Å². The third kappa shape index (κ3) is 6.80. The molecule has 2 atom stereocenters. The lowest BCUT2D eigenvalue weighted by atomic mass is 10.1. The Balaban J connectivity index is 1.26. The van der Waals surface area contributed by atoms with Gasteiger partial charge in [-0.3, -0.25) is 24.7 Å². The first-order valence-electron chi connectivity index (χ1n) is 13.6. The van der Waals surface area contributed by atoms with Crippen LogP contribution in [0.15, 0.2) is 23.8 Å². The maximum atomic E-state index is 13.1. The second kappa shape index (κ2) is 12.9. The van der Waals surface area contributed by atoms with Gasteiger partial charge < -0.3 is 10.0 Å². The van der Waals surface area contributed by atoms with Crippen molar-refractivity contribution < 1.29 is 14.7 Å². The zero-order valence-electron chi connectivity index (χ0n) is 22.7. The van der Waals surface area contributed by atoms with Crippen LogP contribution in [0.5, 0.6) is 0 Å². The van der Waals surface area contributed by atoms with Crippen molar-refractivity contribution in [3.8, 4) is 10.6 Å². The van der Waals surface area contributed by atoms with Crippen LogP contribution in [-0.4, -0.2) is 86.5 Å². The predicted octanol–water partition coefficient (Wildman–Crippen LogP) is 4.93. The zero-order chi connectivity index (χ0) is 28.2. The molecular weight excluding hydrogens is 570 g/mol. The average molecular weight is 604 g/mol. The molecule has 2 aliphatic heterocycles. The molecule has 0 bridgehead atoms. The number of anilines is 2. The Kier molecular flexibility index (Phi) is 9.31. The van der Waals surface area contributed by atoms with Gasteiger partial charge in [0.05, 0.1) is 34.4 Å². The first-order valence-corrected chi connectivity index (χ1v) is 15.7. The maximum Gasteiger partial charge on any atom is 0.304 e. The Morgan fingerprint density at radius 1 is 1.23 bits per heavy atom. The van der Waals surface area contributed by atoms with Gasteiger partial charge in [0.15, 0.2) is 5.13 Å². The molecule has 0 aromatic carbocycles. The Bertz CT molecular complexity index is 1330. The zero-order valence-corrected chi connectivity index (χ0v) is 25.1. The van der Waals surface area contributed by atoms with Gasteiger partial charge in [0, 0.05) is 55.1 Å². The summed E-state index contributed by atoms with van der Waals surface area (Å²) in [5.41, 5.74) is 1.09. The second-order valence-electron chi connectivity index (χ2n) is 10.3. The van der Waals surface area contributed by atoms with Gasteiger partial charge in [-0.15, -0.1) is 11.3 Å². The highest BCUT2D eigenvalue weighted by atomic mass is 35.5.